The van der Waals surface area contributed by atoms with Crippen molar-refractivity contribution >= 4 is 11.9 Å². The molecule has 0 spiro atoms. The monoisotopic (exact) mass is 385 g/mol. The molecule has 0 saturated heterocycles. The van der Waals surface area contributed by atoms with Crippen molar-refractivity contribution in [1.82, 2.24) is 25.1 Å². The first kappa shape index (κ1) is 19.0. The lowest BCUT2D eigenvalue weighted by molar-refractivity contribution is -0.142. The van der Waals surface area contributed by atoms with Crippen molar-refractivity contribution in [1.29, 1.82) is 0 Å². The predicted octanol–water partition coefficient (Wildman–Crippen LogP) is 0.609. The Kier molecular flexibility index (Phi) is 5.58. The maximum Gasteiger partial charge on any atom is 0.328 e. The molecule has 3 rings (SSSR count). The zero-order chi connectivity index (χ0) is 20.1. The summed E-state index contributed by atoms with van der Waals surface area (Å²) < 4.78 is 19.1. The van der Waals surface area contributed by atoms with Gasteiger partial charge in [0.2, 0.25) is 5.43 Å². The van der Waals surface area contributed by atoms with Gasteiger partial charge in [-0.2, -0.15) is 5.10 Å². The second kappa shape index (κ2) is 8.25. The van der Waals surface area contributed by atoms with Gasteiger partial charge in [-0.05, 0) is 24.3 Å². The Balaban J connectivity index is 1.85. The van der Waals surface area contributed by atoms with Crippen LogP contribution in [-0.4, -0.2) is 44.8 Å². The third-order valence-corrected chi connectivity index (χ3v) is 3.88. The summed E-state index contributed by atoms with van der Waals surface area (Å²) in [5.74, 6) is -1.95. The van der Waals surface area contributed by atoms with Crippen LogP contribution in [0, 0.1) is 5.82 Å². The van der Waals surface area contributed by atoms with Gasteiger partial charge in [-0.25, -0.2) is 18.9 Å². The molecule has 0 aliphatic carbocycles. The molecule has 0 fully saturated rings. The molecule has 144 valence electrons. The van der Waals surface area contributed by atoms with Gasteiger partial charge in [-0.15, -0.1) is 0 Å². The first-order valence-electron chi connectivity index (χ1n) is 8.20. The number of amides is 1. The van der Waals surface area contributed by atoms with Crippen molar-refractivity contribution in [3.63, 3.8) is 0 Å². The lowest BCUT2D eigenvalue weighted by atomic mass is 10.1. The first-order valence-corrected chi connectivity index (χ1v) is 8.20. The van der Waals surface area contributed by atoms with E-state index in [9.17, 15) is 18.8 Å². The van der Waals surface area contributed by atoms with E-state index in [4.69, 9.17) is 4.74 Å². The van der Waals surface area contributed by atoms with Gasteiger partial charge in [0, 0.05) is 30.6 Å². The molecule has 1 atom stereocenters. The van der Waals surface area contributed by atoms with E-state index in [1.165, 1.54) is 54.8 Å². The molecular weight excluding hydrogens is 369 g/mol. The molecule has 3 aromatic rings. The highest BCUT2D eigenvalue weighted by Gasteiger charge is 2.25. The quantitative estimate of drug-likeness (QED) is 0.600. The predicted molar refractivity (Wildman–Crippen MR) is 95.4 cm³/mol. The standard InChI is InChI=1S/C18H16FN5O4/c1-28-18(27)14(8-12-9-20-10-21-12)22-17(26)16-15(25)6-7-24(23-16)13-4-2-11(19)3-5-13/h2-7,9-10,14H,8H2,1H3,(H,20,21)(H,22,26)/t14-/m0/s1. The van der Waals surface area contributed by atoms with E-state index >= 15 is 0 Å². The number of benzene rings is 1. The number of aromatic amines is 1. The first-order chi connectivity index (χ1) is 13.5. The van der Waals surface area contributed by atoms with E-state index in [2.05, 4.69) is 20.4 Å². The molecule has 2 N–H and O–H groups in total. The Hall–Kier alpha value is -3.82. The third kappa shape index (κ3) is 4.29. The summed E-state index contributed by atoms with van der Waals surface area (Å²) in [6.07, 6.45) is 4.39. The lowest BCUT2D eigenvalue weighted by Crippen LogP contribution is -2.45. The van der Waals surface area contributed by atoms with Gasteiger partial charge in [0.15, 0.2) is 5.69 Å². The highest BCUT2D eigenvalue weighted by molar-refractivity contribution is 5.95. The van der Waals surface area contributed by atoms with Crippen LogP contribution in [0.3, 0.4) is 0 Å². The molecular formula is C18H16FN5O4. The number of carbonyl (C=O) groups excluding carboxylic acids is 2. The van der Waals surface area contributed by atoms with Gasteiger partial charge in [0.1, 0.15) is 11.9 Å². The third-order valence-electron chi connectivity index (χ3n) is 3.88. The van der Waals surface area contributed by atoms with Crippen LogP contribution in [-0.2, 0) is 16.0 Å². The number of nitrogens with zero attached hydrogens (tertiary/aromatic N) is 3. The number of esters is 1. The molecule has 0 saturated carbocycles. The fraction of sp³-hybridized carbons (Fsp3) is 0.167. The Morgan fingerprint density at radius 1 is 1.29 bits per heavy atom. The molecule has 1 aromatic carbocycles. The largest absolute Gasteiger partial charge is 0.467 e. The molecule has 1 amide bonds. The molecule has 0 radical (unpaired) electrons. The van der Waals surface area contributed by atoms with Gasteiger partial charge in [-0.3, -0.25) is 9.59 Å². The zero-order valence-electron chi connectivity index (χ0n) is 14.8. The molecule has 0 aliphatic heterocycles. The van der Waals surface area contributed by atoms with Crippen molar-refractivity contribution in [2.24, 2.45) is 0 Å². The minimum Gasteiger partial charge on any atom is -0.467 e. The van der Waals surface area contributed by atoms with Crippen molar-refractivity contribution < 1.29 is 18.7 Å². The van der Waals surface area contributed by atoms with Crippen molar-refractivity contribution in [2.75, 3.05) is 7.11 Å². The number of ether oxygens (including phenoxy) is 1. The Labute approximate surface area is 158 Å². The van der Waals surface area contributed by atoms with Gasteiger partial charge in [0.25, 0.3) is 5.91 Å². The second-order valence-electron chi connectivity index (χ2n) is 5.78. The number of nitrogens with one attached hydrogen (secondary N) is 2. The van der Waals surface area contributed by atoms with E-state index < -0.39 is 34.9 Å². The Morgan fingerprint density at radius 2 is 2.04 bits per heavy atom. The maximum absolute atomic E-state index is 13.1. The molecule has 28 heavy (non-hydrogen) atoms. The second-order valence-corrected chi connectivity index (χ2v) is 5.78. The summed E-state index contributed by atoms with van der Waals surface area (Å²) in [5, 5.41) is 6.46. The van der Waals surface area contributed by atoms with Crippen LogP contribution >= 0.6 is 0 Å². The lowest BCUT2D eigenvalue weighted by Gasteiger charge is -2.15. The summed E-state index contributed by atoms with van der Waals surface area (Å²) in [5.41, 5.74) is 0.0178. The summed E-state index contributed by atoms with van der Waals surface area (Å²) in [4.78, 5) is 43.4. The Morgan fingerprint density at radius 3 is 2.68 bits per heavy atom. The highest BCUT2D eigenvalue weighted by atomic mass is 19.1. The van der Waals surface area contributed by atoms with Crippen LogP contribution < -0.4 is 10.7 Å². The van der Waals surface area contributed by atoms with Crippen molar-refractivity contribution in [2.45, 2.75) is 12.5 Å². The van der Waals surface area contributed by atoms with E-state index in [0.717, 1.165) is 6.07 Å². The number of halogens is 1. The van der Waals surface area contributed by atoms with E-state index in [-0.39, 0.29) is 6.42 Å². The van der Waals surface area contributed by atoms with E-state index in [1.807, 2.05) is 0 Å². The molecule has 2 heterocycles. The topological polar surface area (TPSA) is 119 Å². The van der Waals surface area contributed by atoms with Gasteiger partial charge < -0.3 is 15.0 Å². The number of methoxy groups -OCH3 is 1. The van der Waals surface area contributed by atoms with Crippen LogP contribution in [0.2, 0.25) is 0 Å². The fourth-order valence-corrected chi connectivity index (χ4v) is 2.48. The summed E-state index contributed by atoms with van der Waals surface area (Å²) >= 11 is 0. The van der Waals surface area contributed by atoms with Crippen molar-refractivity contribution in [3.8, 4) is 5.69 Å². The molecule has 10 heteroatoms. The summed E-state index contributed by atoms with van der Waals surface area (Å²) in [6.45, 7) is 0. The van der Waals surface area contributed by atoms with Crippen LogP contribution in [0.5, 0.6) is 0 Å². The van der Waals surface area contributed by atoms with E-state index in [0.29, 0.717) is 11.4 Å². The van der Waals surface area contributed by atoms with Gasteiger partial charge in [-0.1, -0.05) is 0 Å². The average Bonchev–Trinajstić information content (AvgIpc) is 3.21. The number of rotatable bonds is 6. The normalized spacial score (nSPS) is 11.6. The number of carbonyl (C=O) groups is 2. The van der Waals surface area contributed by atoms with Crippen LogP contribution in [0.1, 0.15) is 16.2 Å². The van der Waals surface area contributed by atoms with Crippen LogP contribution in [0.15, 0.2) is 53.8 Å². The smallest absolute Gasteiger partial charge is 0.328 e. The Bertz CT molecular complexity index is 1030. The number of hydrogen-bond acceptors (Lipinski definition) is 6. The summed E-state index contributed by atoms with van der Waals surface area (Å²) in [7, 11) is 1.19. The van der Waals surface area contributed by atoms with Gasteiger partial charge in [0.05, 0.1) is 19.1 Å². The summed E-state index contributed by atoms with van der Waals surface area (Å²) in [6, 6.07) is 5.47. The minimum atomic E-state index is -1.04. The molecule has 0 bridgehead atoms. The van der Waals surface area contributed by atoms with E-state index in [1.54, 1.807) is 0 Å². The minimum absolute atomic E-state index is 0.0946. The van der Waals surface area contributed by atoms with Crippen molar-refractivity contribution in [3.05, 3.63) is 76.5 Å². The average molecular weight is 385 g/mol. The van der Waals surface area contributed by atoms with Crippen LogP contribution in [0.25, 0.3) is 5.69 Å². The SMILES string of the molecule is COC(=O)[C@H](Cc1cnc[nH]1)NC(=O)c1nn(-c2ccc(F)cc2)ccc1=O. The van der Waals surface area contributed by atoms with Crippen LogP contribution in [0.4, 0.5) is 4.39 Å². The number of hydrogen-bond donors (Lipinski definition) is 2. The molecule has 9 nitrogen and oxygen atoms in total. The molecule has 2 aromatic heterocycles. The number of aromatic nitrogens is 4. The number of H-pyrrole nitrogens is 1. The van der Waals surface area contributed by atoms with Gasteiger partial charge >= 0.3 is 5.97 Å². The highest BCUT2D eigenvalue weighted by Crippen LogP contribution is 2.07. The number of imidazole rings is 1. The fourth-order valence-electron chi connectivity index (χ4n) is 2.48. The zero-order valence-corrected chi connectivity index (χ0v) is 14.8. The molecule has 0 unspecified atom stereocenters. The maximum atomic E-state index is 13.1. The molecule has 0 aliphatic rings.